The van der Waals surface area contributed by atoms with Gasteiger partial charge < -0.3 is 4.74 Å². The SMILES string of the molecule is CCCc1ccc(CCCOCCCc2ccc(CCC)cc2)cc1. The van der Waals surface area contributed by atoms with Gasteiger partial charge in [-0.25, -0.2) is 0 Å². The van der Waals surface area contributed by atoms with Gasteiger partial charge in [-0.15, -0.1) is 0 Å². The number of rotatable bonds is 12. The molecular weight excluding hydrogens is 304 g/mol. The second-order valence-corrected chi connectivity index (χ2v) is 6.95. The summed E-state index contributed by atoms with van der Waals surface area (Å²) in [5.41, 5.74) is 5.75. The topological polar surface area (TPSA) is 9.23 Å². The van der Waals surface area contributed by atoms with E-state index in [9.17, 15) is 0 Å². The van der Waals surface area contributed by atoms with Gasteiger partial charge in [0.1, 0.15) is 0 Å². The van der Waals surface area contributed by atoms with Crippen LogP contribution in [0.25, 0.3) is 0 Å². The Morgan fingerprint density at radius 2 is 0.840 bits per heavy atom. The van der Waals surface area contributed by atoms with Gasteiger partial charge in [0, 0.05) is 13.2 Å². The van der Waals surface area contributed by atoms with Gasteiger partial charge in [-0.3, -0.25) is 0 Å². The number of benzene rings is 2. The molecule has 0 radical (unpaired) electrons. The van der Waals surface area contributed by atoms with Crippen LogP contribution in [0.15, 0.2) is 48.5 Å². The Bertz CT molecular complexity index is 515. The molecule has 0 aliphatic carbocycles. The molecule has 0 amide bonds. The molecular formula is C24H34O. The van der Waals surface area contributed by atoms with E-state index in [4.69, 9.17) is 4.74 Å². The zero-order chi connectivity index (χ0) is 17.7. The number of hydrogen-bond donors (Lipinski definition) is 0. The molecule has 0 fully saturated rings. The quantitative estimate of drug-likeness (QED) is 0.420. The molecule has 1 nitrogen and oxygen atoms in total. The molecule has 0 saturated carbocycles. The average molecular weight is 339 g/mol. The fourth-order valence-corrected chi connectivity index (χ4v) is 3.18. The average Bonchev–Trinajstić information content (AvgIpc) is 2.64. The first-order valence-corrected chi connectivity index (χ1v) is 10.0. The van der Waals surface area contributed by atoms with Crippen molar-refractivity contribution in [1.82, 2.24) is 0 Å². The first kappa shape index (κ1) is 19.7. The van der Waals surface area contributed by atoms with Crippen molar-refractivity contribution in [3.8, 4) is 0 Å². The van der Waals surface area contributed by atoms with E-state index in [2.05, 4.69) is 62.4 Å². The van der Waals surface area contributed by atoms with Crippen molar-refractivity contribution in [2.75, 3.05) is 13.2 Å². The third-order valence-electron chi connectivity index (χ3n) is 4.63. The summed E-state index contributed by atoms with van der Waals surface area (Å²) in [6, 6.07) is 18.2. The highest BCUT2D eigenvalue weighted by molar-refractivity contribution is 5.23. The third-order valence-corrected chi connectivity index (χ3v) is 4.63. The van der Waals surface area contributed by atoms with E-state index in [1.54, 1.807) is 0 Å². The van der Waals surface area contributed by atoms with E-state index < -0.39 is 0 Å². The van der Waals surface area contributed by atoms with Crippen LogP contribution in [0.4, 0.5) is 0 Å². The highest BCUT2D eigenvalue weighted by Gasteiger charge is 1.98. The summed E-state index contributed by atoms with van der Waals surface area (Å²) in [6.07, 6.45) is 9.26. The maximum Gasteiger partial charge on any atom is 0.0469 e. The van der Waals surface area contributed by atoms with Crippen LogP contribution in [0.1, 0.15) is 61.8 Å². The van der Waals surface area contributed by atoms with Crippen molar-refractivity contribution in [2.24, 2.45) is 0 Å². The molecule has 0 aliphatic rings. The van der Waals surface area contributed by atoms with Gasteiger partial charge >= 0.3 is 0 Å². The second kappa shape index (κ2) is 11.9. The number of aryl methyl sites for hydroxylation is 4. The summed E-state index contributed by atoms with van der Waals surface area (Å²) >= 11 is 0. The highest BCUT2D eigenvalue weighted by atomic mass is 16.5. The van der Waals surface area contributed by atoms with Gasteiger partial charge in [0.05, 0.1) is 0 Å². The summed E-state index contributed by atoms with van der Waals surface area (Å²) in [5, 5.41) is 0. The molecule has 0 bridgehead atoms. The monoisotopic (exact) mass is 338 g/mol. The van der Waals surface area contributed by atoms with E-state index in [-0.39, 0.29) is 0 Å². The lowest BCUT2D eigenvalue weighted by Crippen LogP contribution is -2.00. The Hall–Kier alpha value is -1.60. The molecule has 2 rings (SSSR count). The maximum absolute atomic E-state index is 5.80. The normalized spacial score (nSPS) is 11.0. The van der Waals surface area contributed by atoms with Crippen LogP contribution in [0.3, 0.4) is 0 Å². The van der Waals surface area contributed by atoms with Crippen LogP contribution in [-0.2, 0) is 30.4 Å². The van der Waals surface area contributed by atoms with Crippen molar-refractivity contribution in [3.63, 3.8) is 0 Å². The predicted molar refractivity (Wildman–Crippen MR) is 108 cm³/mol. The molecule has 0 heterocycles. The van der Waals surface area contributed by atoms with Crippen LogP contribution in [-0.4, -0.2) is 13.2 Å². The Balaban J connectivity index is 1.53. The summed E-state index contributed by atoms with van der Waals surface area (Å²) in [5.74, 6) is 0. The lowest BCUT2D eigenvalue weighted by molar-refractivity contribution is 0.130. The maximum atomic E-state index is 5.80. The Labute approximate surface area is 154 Å². The van der Waals surface area contributed by atoms with Crippen molar-refractivity contribution >= 4 is 0 Å². The Morgan fingerprint density at radius 1 is 0.520 bits per heavy atom. The van der Waals surface area contributed by atoms with Crippen molar-refractivity contribution in [3.05, 3.63) is 70.8 Å². The minimum atomic E-state index is 0.867. The lowest BCUT2D eigenvalue weighted by atomic mass is 10.0. The number of ether oxygens (including phenoxy) is 1. The van der Waals surface area contributed by atoms with Crippen LogP contribution in [0.5, 0.6) is 0 Å². The molecule has 25 heavy (non-hydrogen) atoms. The van der Waals surface area contributed by atoms with Crippen LogP contribution >= 0.6 is 0 Å². The molecule has 0 unspecified atom stereocenters. The minimum Gasteiger partial charge on any atom is -0.381 e. The smallest absolute Gasteiger partial charge is 0.0469 e. The molecule has 0 saturated heterocycles. The predicted octanol–water partition coefficient (Wildman–Crippen LogP) is 6.17. The summed E-state index contributed by atoms with van der Waals surface area (Å²) in [4.78, 5) is 0. The minimum absolute atomic E-state index is 0.867. The molecule has 0 aromatic heterocycles. The molecule has 0 atom stereocenters. The van der Waals surface area contributed by atoms with E-state index in [0.717, 1.165) is 38.9 Å². The van der Waals surface area contributed by atoms with Gasteiger partial charge in [-0.1, -0.05) is 75.2 Å². The summed E-state index contributed by atoms with van der Waals surface area (Å²) in [7, 11) is 0. The Morgan fingerprint density at radius 3 is 1.16 bits per heavy atom. The molecule has 2 aromatic carbocycles. The van der Waals surface area contributed by atoms with Gasteiger partial charge in [-0.2, -0.15) is 0 Å². The zero-order valence-corrected chi connectivity index (χ0v) is 16.1. The fraction of sp³-hybridized carbons (Fsp3) is 0.500. The molecule has 1 heteroatoms. The van der Waals surface area contributed by atoms with Gasteiger partial charge in [0.2, 0.25) is 0 Å². The largest absolute Gasteiger partial charge is 0.381 e. The van der Waals surface area contributed by atoms with Crippen LogP contribution in [0.2, 0.25) is 0 Å². The van der Waals surface area contributed by atoms with Crippen LogP contribution in [0, 0.1) is 0 Å². The van der Waals surface area contributed by atoms with Gasteiger partial charge in [-0.05, 0) is 60.8 Å². The fourth-order valence-electron chi connectivity index (χ4n) is 3.18. The lowest BCUT2D eigenvalue weighted by Gasteiger charge is -2.06. The molecule has 0 spiro atoms. The van der Waals surface area contributed by atoms with E-state index >= 15 is 0 Å². The second-order valence-electron chi connectivity index (χ2n) is 6.95. The van der Waals surface area contributed by atoms with Crippen molar-refractivity contribution < 1.29 is 4.74 Å². The van der Waals surface area contributed by atoms with Gasteiger partial charge in [0.15, 0.2) is 0 Å². The van der Waals surface area contributed by atoms with Crippen molar-refractivity contribution in [2.45, 2.75) is 65.2 Å². The first-order valence-electron chi connectivity index (χ1n) is 10.0. The van der Waals surface area contributed by atoms with Crippen molar-refractivity contribution in [1.29, 1.82) is 0 Å². The first-order chi connectivity index (χ1) is 12.3. The van der Waals surface area contributed by atoms with Crippen LogP contribution < -0.4 is 0 Å². The van der Waals surface area contributed by atoms with Gasteiger partial charge in [0.25, 0.3) is 0 Å². The standard InChI is InChI=1S/C24H34O/c1-3-7-21-11-15-23(16-12-21)9-5-19-25-20-6-10-24-17-13-22(8-4-2)14-18-24/h11-18H,3-10,19-20H2,1-2H3. The third kappa shape index (κ3) is 7.88. The van der Waals surface area contributed by atoms with E-state index in [0.29, 0.717) is 0 Å². The molecule has 0 N–H and O–H groups in total. The molecule has 0 aliphatic heterocycles. The molecule has 136 valence electrons. The summed E-state index contributed by atoms with van der Waals surface area (Å²) in [6.45, 7) is 6.19. The number of hydrogen-bond acceptors (Lipinski definition) is 1. The zero-order valence-electron chi connectivity index (χ0n) is 16.1. The summed E-state index contributed by atoms with van der Waals surface area (Å²) < 4.78 is 5.80. The molecule has 2 aromatic rings. The highest BCUT2D eigenvalue weighted by Crippen LogP contribution is 2.10. The van der Waals surface area contributed by atoms with E-state index in [1.165, 1.54) is 47.9 Å². The Kier molecular flexibility index (Phi) is 9.36. The van der Waals surface area contributed by atoms with E-state index in [1.807, 2.05) is 0 Å².